The number of benzene rings is 1. The van der Waals surface area contributed by atoms with E-state index in [-0.39, 0.29) is 18.1 Å². The zero-order chi connectivity index (χ0) is 17.5. The molecule has 0 bridgehead atoms. The molecule has 0 aliphatic carbocycles. The summed E-state index contributed by atoms with van der Waals surface area (Å²) in [4.78, 5) is 17.9. The Bertz CT molecular complexity index is 857. The SMILES string of the molecule is CCc1c(NC(=O)c2cc(CN=[N+]=[N-])cc(N=[N+]=[N-])c2)cnn1C. The summed E-state index contributed by atoms with van der Waals surface area (Å²) in [5.41, 5.74) is 19.7. The molecule has 0 atom stereocenters. The van der Waals surface area contributed by atoms with Gasteiger partial charge < -0.3 is 5.32 Å². The summed E-state index contributed by atoms with van der Waals surface area (Å²) in [6, 6.07) is 4.62. The topological polar surface area (TPSA) is 144 Å². The van der Waals surface area contributed by atoms with Gasteiger partial charge in [-0.3, -0.25) is 9.48 Å². The maximum Gasteiger partial charge on any atom is 0.255 e. The van der Waals surface area contributed by atoms with Crippen molar-refractivity contribution in [3.8, 4) is 0 Å². The van der Waals surface area contributed by atoms with Crippen molar-refractivity contribution >= 4 is 17.3 Å². The van der Waals surface area contributed by atoms with Gasteiger partial charge in [-0.1, -0.05) is 17.2 Å². The highest BCUT2D eigenvalue weighted by atomic mass is 16.1. The molecule has 0 aliphatic rings. The minimum atomic E-state index is -0.366. The summed E-state index contributed by atoms with van der Waals surface area (Å²) in [6.45, 7) is 2.02. The first kappa shape index (κ1) is 16.9. The Labute approximate surface area is 137 Å². The van der Waals surface area contributed by atoms with Gasteiger partial charge in [0.15, 0.2) is 0 Å². The number of amides is 1. The molecule has 2 rings (SSSR count). The van der Waals surface area contributed by atoms with Crippen molar-refractivity contribution in [2.24, 2.45) is 17.3 Å². The van der Waals surface area contributed by atoms with Gasteiger partial charge in [-0.15, -0.1) is 0 Å². The van der Waals surface area contributed by atoms with Gasteiger partial charge in [0.05, 0.1) is 24.1 Å². The van der Waals surface area contributed by atoms with Crippen molar-refractivity contribution in [3.05, 3.63) is 62.1 Å². The average Bonchev–Trinajstić information content (AvgIpc) is 2.92. The predicted octanol–water partition coefficient (Wildman–Crippen LogP) is 3.99. The number of azide groups is 2. The number of rotatable bonds is 6. The molecule has 10 nitrogen and oxygen atoms in total. The molecular formula is C14H15N9O. The number of anilines is 1. The van der Waals surface area contributed by atoms with E-state index >= 15 is 0 Å². The fraction of sp³-hybridized carbons (Fsp3) is 0.286. The fourth-order valence-corrected chi connectivity index (χ4v) is 2.30. The second kappa shape index (κ2) is 7.68. The number of nitrogens with zero attached hydrogens (tertiary/aromatic N) is 8. The van der Waals surface area contributed by atoms with E-state index in [1.165, 1.54) is 6.07 Å². The average molecular weight is 325 g/mol. The minimum Gasteiger partial charge on any atom is -0.319 e. The van der Waals surface area contributed by atoms with E-state index in [0.717, 1.165) is 5.69 Å². The molecule has 10 heteroatoms. The molecule has 0 saturated heterocycles. The monoisotopic (exact) mass is 325 g/mol. The Morgan fingerprint density at radius 2 is 2.12 bits per heavy atom. The Morgan fingerprint density at radius 1 is 1.33 bits per heavy atom. The van der Waals surface area contributed by atoms with Gasteiger partial charge in [-0.25, -0.2) is 0 Å². The largest absolute Gasteiger partial charge is 0.319 e. The second-order valence-corrected chi connectivity index (χ2v) is 4.90. The fourth-order valence-electron chi connectivity index (χ4n) is 2.30. The third-order valence-electron chi connectivity index (χ3n) is 3.36. The van der Waals surface area contributed by atoms with Crippen molar-refractivity contribution in [3.63, 3.8) is 0 Å². The van der Waals surface area contributed by atoms with E-state index < -0.39 is 0 Å². The van der Waals surface area contributed by atoms with E-state index in [1.54, 1.807) is 30.1 Å². The van der Waals surface area contributed by atoms with Crippen LogP contribution in [0.3, 0.4) is 0 Å². The Balaban J connectivity index is 2.34. The molecule has 0 spiro atoms. The van der Waals surface area contributed by atoms with Crippen molar-refractivity contribution < 1.29 is 4.79 Å². The van der Waals surface area contributed by atoms with E-state index in [9.17, 15) is 4.79 Å². The number of aryl methyl sites for hydroxylation is 1. The van der Waals surface area contributed by atoms with E-state index in [4.69, 9.17) is 11.1 Å². The lowest BCUT2D eigenvalue weighted by molar-refractivity contribution is 0.102. The molecule has 1 aromatic carbocycles. The molecule has 1 amide bonds. The van der Waals surface area contributed by atoms with Crippen LogP contribution in [0.2, 0.25) is 0 Å². The third-order valence-corrected chi connectivity index (χ3v) is 3.36. The Hall–Kier alpha value is -3.48. The van der Waals surface area contributed by atoms with Gasteiger partial charge in [0, 0.05) is 28.1 Å². The molecule has 0 radical (unpaired) electrons. The highest BCUT2D eigenvalue weighted by Gasteiger charge is 2.13. The molecule has 122 valence electrons. The van der Waals surface area contributed by atoms with Crippen molar-refractivity contribution in [1.29, 1.82) is 0 Å². The van der Waals surface area contributed by atoms with Crippen LogP contribution in [-0.4, -0.2) is 15.7 Å². The summed E-state index contributed by atoms with van der Waals surface area (Å²) in [7, 11) is 1.80. The lowest BCUT2D eigenvalue weighted by Gasteiger charge is -2.08. The summed E-state index contributed by atoms with van der Waals surface area (Å²) >= 11 is 0. The van der Waals surface area contributed by atoms with E-state index in [2.05, 4.69) is 30.5 Å². The first-order chi connectivity index (χ1) is 11.6. The zero-order valence-corrected chi connectivity index (χ0v) is 13.2. The predicted molar refractivity (Wildman–Crippen MR) is 88.6 cm³/mol. The molecule has 1 N–H and O–H groups in total. The quantitative estimate of drug-likeness (QED) is 0.486. The normalized spacial score (nSPS) is 9.75. The first-order valence-corrected chi connectivity index (χ1v) is 7.11. The molecule has 0 fully saturated rings. The van der Waals surface area contributed by atoms with E-state index in [1.807, 2.05) is 6.92 Å². The molecule has 0 aliphatic heterocycles. The van der Waals surface area contributed by atoms with Crippen LogP contribution in [0, 0.1) is 0 Å². The first-order valence-electron chi connectivity index (χ1n) is 7.11. The van der Waals surface area contributed by atoms with Crippen LogP contribution in [0.15, 0.2) is 34.6 Å². The summed E-state index contributed by atoms with van der Waals surface area (Å²) in [5.74, 6) is -0.366. The zero-order valence-electron chi connectivity index (χ0n) is 13.2. The summed E-state index contributed by atoms with van der Waals surface area (Å²) < 4.78 is 1.69. The Morgan fingerprint density at radius 3 is 2.79 bits per heavy atom. The Kier molecular flexibility index (Phi) is 5.40. The molecular weight excluding hydrogens is 310 g/mol. The smallest absolute Gasteiger partial charge is 0.255 e. The van der Waals surface area contributed by atoms with Crippen LogP contribution in [0.25, 0.3) is 20.9 Å². The highest BCUT2D eigenvalue weighted by Crippen LogP contribution is 2.21. The molecule has 1 heterocycles. The minimum absolute atomic E-state index is 0.0542. The van der Waals surface area contributed by atoms with Crippen LogP contribution in [0.1, 0.15) is 28.5 Å². The number of aromatic nitrogens is 2. The number of carbonyl (C=O) groups excluding carboxylic acids is 1. The maximum atomic E-state index is 12.5. The molecule has 2 aromatic rings. The van der Waals surface area contributed by atoms with Gasteiger partial charge in [-0.2, -0.15) is 5.10 Å². The summed E-state index contributed by atoms with van der Waals surface area (Å²) in [6.07, 6.45) is 2.29. The van der Waals surface area contributed by atoms with Crippen molar-refractivity contribution in [2.75, 3.05) is 5.32 Å². The highest BCUT2D eigenvalue weighted by molar-refractivity contribution is 6.05. The maximum absolute atomic E-state index is 12.5. The van der Waals surface area contributed by atoms with Crippen LogP contribution >= 0.6 is 0 Å². The van der Waals surface area contributed by atoms with Crippen molar-refractivity contribution in [1.82, 2.24) is 9.78 Å². The van der Waals surface area contributed by atoms with Gasteiger partial charge in [0.2, 0.25) is 0 Å². The summed E-state index contributed by atoms with van der Waals surface area (Å²) in [5, 5.41) is 13.9. The standard InChI is InChI=1S/C14H15N9O/c1-3-13-12(8-18-23(13)2)19-14(24)10-4-9(7-17-21-15)5-11(6-10)20-22-16/h4-6,8H,3,7H2,1-2H3,(H,19,24). The van der Waals surface area contributed by atoms with Gasteiger partial charge in [0.25, 0.3) is 5.91 Å². The number of carbonyl (C=O) groups is 1. The van der Waals surface area contributed by atoms with Crippen molar-refractivity contribution in [2.45, 2.75) is 19.9 Å². The molecule has 1 aromatic heterocycles. The lowest BCUT2D eigenvalue weighted by atomic mass is 10.1. The van der Waals surface area contributed by atoms with Crippen LogP contribution < -0.4 is 5.32 Å². The number of nitrogens with one attached hydrogen (secondary N) is 1. The number of hydrogen-bond donors (Lipinski definition) is 1. The van der Waals surface area contributed by atoms with Crippen LogP contribution in [0.5, 0.6) is 0 Å². The molecule has 24 heavy (non-hydrogen) atoms. The van der Waals surface area contributed by atoms with Gasteiger partial charge in [0.1, 0.15) is 0 Å². The van der Waals surface area contributed by atoms with Gasteiger partial charge >= 0.3 is 0 Å². The molecule has 0 unspecified atom stereocenters. The van der Waals surface area contributed by atoms with Crippen LogP contribution in [-0.2, 0) is 20.0 Å². The van der Waals surface area contributed by atoms with Gasteiger partial charge in [-0.05, 0) is 41.2 Å². The third kappa shape index (κ3) is 3.83. The number of hydrogen-bond acceptors (Lipinski definition) is 4. The van der Waals surface area contributed by atoms with E-state index in [0.29, 0.717) is 23.2 Å². The molecule has 0 saturated carbocycles. The van der Waals surface area contributed by atoms with Crippen LogP contribution in [0.4, 0.5) is 11.4 Å². The second-order valence-electron chi connectivity index (χ2n) is 4.90. The lowest BCUT2D eigenvalue weighted by Crippen LogP contribution is -2.13.